The van der Waals surface area contributed by atoms with Gasteiger partial charge in [0.15, 0.2) is 6.29 Å². The number of thioether (sulfide) groups is 1. The highest BCUT2D eigenvalue weighted by molar-refractivity contribution is 8.01. The number of rotatable bonds is 10. The minimum absolute atomic E-state index is 0.214. The fourth-order valence-electron chi connectivity index (χ4n) is 4.07. The number of benzene rings is 1. The first-order valence-electron chi connectivity index (χ1n) is 11.1. The second-order valence-corrected chi connectivity index (χ2v) is 9.80. The first kappa shape index (κ1) is 24.6. The summed E-state index contributed by atoms with van der Waals surface area (Å²) >= 11 is 1.51. The van der Waals surface area contributed by atoms with Crippen molar-refractivity contribution >= 4 is 23.8 Å². The van der Waals surface area contributed by atoms with Gasteiger partial charge in [0.2, 0.25) is 0 Å². The summed E-state index contributed by atoms with van der Waals surface area (Å²) in [4.78, 5) is 27.8. The Hall–Kier alpha value is -2.09. The lowest BCUT2D eigenvalue weighted by atomic mass is 9.96. The molecule has 0 spiro atoms. The van der Waals surface area contributed by atoms with Crippen LogP contribution in [-0.4, -0.2) is 60.6 Å². The van der Waals surface area contributed by atoms with Gasteiger partial charge in [-0.3, -0.25) is 4.79 Å². The average Bonchev–Trinajstić information content (AvgIpc) is 3.17. The third-order valence-electron chi connectivity index (χ3n) is 5.83. The van der Waals surface area contributed by atoms with Crippen LogP contribution in [0.2, 0.25) is 0 Å². The van der Waals surface area contributed by atoms with E-state index in [-0.39, 0.29) is 24.8 Å². The Kier molecular flexibility index (Phi) is 8.96. The van der Waals surface area contributed by atoms with E-state index in [9.17, 15) is 9.59 Å². The van der Waals surface area contributed by atoms with E-state index in [1.807, 2.05) is 43.3 Å². The van der Waals surface area contributed by atoms with E-state index in [1.54, 1.807) is 14.2 Å². The molecule has 1 aliphatic heterocycles. The molecule has 0 saturated carbocycles. The predicted octanol–water partition coefficient (Wildman–Crippen LogP) is 4.74. The molecule has 1 aromatic carbocycles. The van der Waals surface area contributed by atoms with Gasteiger partial charge in [0.25, 0.3) is 5.91 Å². The largest absolute Gasteiger partial charge is 0.447 e. The summed E-state index contributed by atoms with van der Waals surface area (Å²) < 4.78 is 15.0. The molecule has 6 nitrogen and oxygen atoms in total. The number of hydrogen-bond acceptors (Lipinski definition) is 6. The number of cyclic esters (lactones) is 1. The number of ether oxygens (including phenoxy) is 3. The van der Waals surface area contributed by atoms with Crippen LogP contribution in [0.3, 0.4) is 0 Å². The number of allylic oxidation sites excluding steroid dienone is 3. The zero-order chi connectivity index (χ0) is 23.0. The molecule has 2 atom stereocenters. The summed E-state index contributed by atoms with van der Waals surface area (Å²) in [5.74, 6) is 0.415. The van der Waals surface area contributed by atoms with Crippen molar-refractivity contribution in [3.63, 3.8) is 0 Å². The predicted molar refractivity (Wildman–Crippen MR) is 126 cm³/mol. The monoisotopic (exact) mass is 459 g/mol. The normalized spacial score (nSPS) is 21.8. The van der Waals surface area contributed by atoms with Crippen LogP contribution >= 0.6 is 11.8 Å². The fourth-order valence-corrected chi connectivity index (χ4v) is 5.26. The molecule has 1 aliphatic carbocycles. The SMILES string of the molecule is COC(CCSC(C)(/C=C1\C=CCCC1)C(=O)N1C(=O)OC[C@H]1Cc1ccccc1)OC. The first-order chi connectivity index (χ1) is 15.5. The number of hydrogen-bond donors (Lipinski definition) is 0. The molecular formula is C25H33NO5S. The second kappa shape index (κ2) is 11.7. The van der Waals surface area contributed by atoms with Crippen molar-refractivity contribution in [3.05, 3.63) is 59.7 Å². The highest BCUT2D eigenvalue weighted by atomic mass is 32.2. The van der Waals surface area contributed by atoms with Crippen LogP contribution in [0, 0.1) is 0 Å². The van der Waals surface area contributed by atoms with Crippen molar-refractivity contribution in [1.29, 1.82) is 0 Å². The molecule has 7 heteroatoms. The lowest BCUT2D eigenvalue weighted by Crippen LogP contribution is -2.49. The van der Waals surface area contributed by atoms with Crippen LogP contribution in [0.4, 0.5) is 4.79 Å². The van der Waals surface area contributed by atoms with Crippen LogP contribution < -0.4 is 0 Å². The van der Waals surface area contributed by atoms with Gasteiger partial charge in [-0.05, 0) is 43.9 Å². The van der Waals surface area contributed by atoms with Gasteiger partial charge in [-0.15, -0.1) is 11.8 Å². The van der Waals surface area contributed by atoms with Crippen molar-refractivity contribution < 1.29 is 23.8 Å². The Morgan fingerprint density at radius 1 is 1.31 bits per heavy atom. The molecule has 32 heavy (non-hydrogen) atoms. The van der Waals surface area contributed by atoms with Crippen molar-refractivity contribution in [2.24, 2.45) is 0 Å². The Balaban J connectivity index is 1.82. The van der Waals surface area contributed by atoms with Gasteiger partial charge in [0.1, 0.15) is 11.4 Å². The highest BCUT2D eigenvalue weighted by Gasteiger charge is 2.45. The standard InChI is InChI=1S/C25H33NO5S/c1-25(17-20-12-8-5-9-13-20,32-15-14-22(29-2)30-3)23(27)26-21(18-31-24(26)28)16-19-10-6-4-7-11-19/h4,6-8,10-12,17,21-22H,5,9,13-16,18H2,1-3H3/b20-17+/t21-,25?/m1/s1. The molecule has 0 radical (unpaired) electrons. The summed E-state index contributed by atoms with van der Waals surface area (Å²) in [6.07, 6.45) is 9.62. The van der Waals surface area contributed by atoms with E-state index in [2.05, 4.69) is 12.2 Å². The minimum atomic E-state index is -0.901. The molecule has 2 aliphatic rings. The van der Waals surface area contributed by atoms with Crippen molar-refractivity contribution in [2.45, 2.75) is 56.1 Å². The summed E-state index contributed by atoms with van der Waals surface area (Å²) in [5, 5.41) is 0. The zero-order valence-corrected chi connectivity index (χ0v) is 19.9. The van der Waals surface area contributed by atoms with Crippen LogP contribution in [-0.2, 0) is 25.4 Å². The lowest BCUT2D eigenvalue weighted by Gasteiger charge is -2.31. The summed E-state index contributed by atoms with van der Waals surface area (Å²) in [7, 11) is 3.21. The first-order valence-corrected chi connectivity index (χ1v) is 12.1. The van der Waals surface area contributed by atoms with Gasteiger partial charge < -0.3 is 14.2 Å². The molecule has 3 rings (SSSR count). The van der Waals surface area contributed by atoms with E-state index in [0.29, 0.717) is 18.6 Å². The maximum Gasteiger partial charge on any atom is 0.417 e. The molecule has 1 aromatic rings. The third kappa shape index (κ3) is 6.24. The summed E-state index contributed by atoms with van der Waals surface area (Å²) in [6.45, 7) is 2.11. The number of nitrogens with zero attached hydrogens (tertiary/aromatic N) is 1. The maximum absolute atomic E-state index is 13.8. The molecule has 1 saturated heterocycles. The van der Waals surface area contributed by atoms with E-state index < -0.39 is 10.8 Å². The molecule has 1 fully saturated rings. The number of amides is 2. The van der Waals surface area contributed by atoms with E-state index in [4.69, 9.17) is 14.2 Å². The Labute approximate surface area is 195 Å². The quantitative estimate of drug-likeness (QED) is 0.471. The summed E-state index contributed by atoms with van der Waals surface area (Å²) in [6, 6.07) is 9.56. The number of imide groups is 1. The molecule has 1 heterocycles. The van der Waals surface area contributed by atoms with Crippen LogP contribution in [0.5, 0.6) is 0 Å². The minimum Gasteiger partial charge on any atom is -0.447 e. The molecule has 0 N–H and O–H groups in total. The average molecular weight is 460 g/mol. The maximum atomic E-state index is 13.8. The van der Waals surface area contributed by atoms with Crippen LogP contribution in [0.1, 0.15) is 38.2 Å². The molecule has 1 unspecified atom stereocenters. The Morgan fingerprint density at radius 3 is 2.72 bits per heavy atom. The van der Waals surface area contributed by atoms with Gasteiger partial charge in [0, 0.05) is 20.6 Å². The van der Waals surface area contributed by atoms with Crippen molar-refractivity contribution in [1.82, 2.24) is 4.90 Å². The Bertz CT molecular complexity index is 836. The smallest absolute Gasteiger partial charge is 0.417 e. The van der Waals surface area contributed by atoms with Crippen LogP contribution in [0.25, 0.3) is 0 Å². The highest BCUT2D eigenvalue weighted by Crippen LogP contribution is 2.35. The third-order valence-corrected chi connectivity index (χ3v) is 7.16. The number of carbonyl (C=O) groups excluding carboxylic acids is 2. The topological polar surface area (TPSA) is 65.1 Å². The van der Waals surface area contributed by atoms with Gasteiger partial charge in [-0.2, -0.15) is 0 Å². The number of carbonyl (C=O) groups is 2. The van der Waals surface area contributed by atoms with Gasteiger partial charge in [0.05, 0.1) is 6.04 Å². The van der Waals surface area contributed by atoms with Gasteiger partial charge in [-0.25, -0.2) is 9.69 Å². The molecule has 0 bridgehead atoms. The van der Waals surface area contributed by atoms with E-state index in [1.165, 1.54) is 16.7 Å². The Morgan fingerprint density at radius 2 is 2.06 bits per heavy atom. The molecule has 0 aromatic heterocycles. The van der Waals surface area contributed by atoms with E-state index >= 15 is 0 Å². The van der Waals surface area contributed by atoms with Gasteiger partial charge in [-0.1, -0.05) is 54.1 Å². The molecule has 174 valence electrons. The fraction of sp³-hybridized carbons (Fsp3) is 0.520. The van der Waals surface area contributed by atoms with Crippen molar-refractivity contribution in [3.8, 4) is 0 Å². The molecular weight excluding hydrogens is 426 g/mol. The van der Waals surface area contributed by atoms with Gasteiger partial charge >= 0.3 is 6.09 Å². The number of methoxy groups -OCH3 is 2. The second-order valence-electron chi connectivity index (χ2n) is 8.25. The van der Waals surface area contributed by atoms with E-state index in [0.717, 1.165) is 30.4 Å². The van der Waals surface area contributed by atoms with Crippen LogP contribution in [0.15, 0.2) is 54.1 Å². The lowest BCUT2D eigenvalue weighted by molar-refractivity contribution is -0.130. The summed E-state index contributed by atoms with van der Waals surface area (Å²) in [5.41, 5.74) is 2.20. The molecule has 2 amide bonds. The zero-order valence-electron chi connectivity index (χ0n) is 19.1. The van der Waals surface area contributed by atoms with Crippen molar-refractivity contribution in [2.75, 3.05) is 26.6 Å².